The van der Waals surface area contributed by atoms with Crippen molar-refractivity contribution >= 4 is 11.6 Å². The number of nitrogens with one attached hydrogen (secondary N) is 1. The molecule has 1 heterocycles. The maximum atomic E-state index is 12.2. The van der Waals surface area contributed by atoms with E-state index in [0.29, 0.717) is 16.9 Å². The molecule has 20 heavy (non-hydrogen) atoms. The summed E-state index contributed by atoms with van der Waals surface area (Å²) in [4.78, 5) is 12.2. The first kappa shape index (κ1) is 12.1. The molecular formula is C15H11N3O2. The summed E-state index contributed by atoms with van der Waals surface area (Å²) in [5.74, 6) is -0.172. The molecule has 0 bridgehead atoms. The molecule has 1 amide bonds. The molecule has 1 aromatic heterocycles. The van der Waals surface area contributed by atoms with Crippen LogP contribution in [-0.2, 0) is 0 Å². The van der Waals surface area contributed by atoms with Crippen LogP contribution in [0.5, 0.6) is 0 Å². The third-order valence-electron chi connectivity index (χ3n) is 2.85. The maximum absolute atomic E-state index is 12.2. The van der Waals surface area contributed by atoms with Crippen molar-refractivity contribution in [1.29, 1.82) is 0 Å². The smallest absolute Gasteiger partial charge is 0.255 e. The molecule has 0 aliphatic carbocycles. The van der Waals surface area contributed by atoms with Crippen LogP contribution in [0.1, 0.15) is 10.4 Å². The van der Waals surface area contributed by atoms with E-state index in [4.69, 9.17) is 0 Å². The number of amides is 1. The molecular weight excluding hydrogens is 254 g/mol. The van der Waals surface area contributed by atoms with E-state index in [0.717, 1.165) is 5.56 Å². The number of benzene rings is 2. The van der Waals surface area contributed by atoms with Gasteiger partial charge < -0.3 is 5.32 Å². The van der Waals surface area contributed by atoms with E-state index < -0.39 is 0 Å². The summed E-state index contributed by atoms with van der Waals surface area (Å²) in [6.07, 6.45) is 1.51. The highest BCUT2D eigenvalue weighted by molar-refractivity contribution is 6.06. The Kier molecular flexibility index (Phi) is 3.24. The van der Waals surface area contributed by atoms with Crippen LogP contribution in [0.2, 0.25) is 0 Å². The van der Waals surface area contributed by atoms with Crippen LogP contribution in [-0.4, -0.2) is 16.2 Å². The number of nitrogens with zero attached hydrogens (tertiary/aromatic N) is 2. The summed E-state index contributed by atoms with van der Waals surface area (Å²) >= 11 is 0. The van der Waals surface area contributed by atoms with Gasteiger partial charge in [-0.15, -0.1) is 0 Å². The number of anilines is 1. The number of aromatic nitrogens is 2. The van der Waals surface area contributed by atoms with Crippen LogP contribution < -0.4 is 5.32 Å². The summed E-state index contributed by atoms with van der Waals surface area (Å²) < 4.78 is 4.60. The average Bonchev–Trinajstić information content (AvgIpc) is 3.03. The minimum absolute atomic E-state index is 0.172. The monoisotopic (exact) mass is 265 g/mol. The predicted octanol–water partition coefficient (Wildman–Crippen LogP) is 2.99. The van der Waals surface area contributed by atoms with Crippen LogP contribution in [0.3, 0.4) is 0 Å². The summed E-state index contributed by atoms with van der Waals surface area (Å²) in [6.45, 7) is 0. The lowest BCUT2D eigenvalue weighted by molar-refractivity contribution is 0.102. The number of para-hydroxylation sites is 1. The fourth-order valence-electron chi connectivity index (χ4n) is 1.88. The predicted molar refractivity (Wildman–Crippen MR) is 74.1 cm³/mol. The number of rotatable bonds is 3. The SMILES string of the molecule is O=C(Nc1ccccc1-c1cnon1)c1ccccc1. The molecule has 2 aromatic carbocycles. The minimum atomic E-state index is -0.172. The molecule has 3 aromatic rings. The zero-order valence-corrected chi connectivity index (χ0v) is 10.5. The second-order valence-corrected chi connectivity index (χ2v) is 4.16. The third kappa shape index (κ3) is 2.42. The summed E-state index contributed by atoms with van der Waals surface area (Å²) in [6, 6.07) is 16.4. The number of carbonyl (C=O) groups is 1. The van der Waals surface area contributed by atoms with Gasteiger partial charge in [-0.05, 0) is 23.4 Å². The van der Waals surface area contributed by atoms with Crippen molar-refractivity contribution in [3.05, 3.63) is 66.4 Å². The lowest BCUT2D eigenvalue weighted by Crippen LogP contribution is -2.12. The second kappa shape index (κ2) is 5.36. The van der Waals surface area contributed by atoms with Crippen LogP contribution >= 0.6 is 0 Å². The molecule has 1 N–H and O–H groups in total. The van der Waals surface area contributed by atoms with Gasteiger partial charge in [-0.3, -0.25) is 4.79 Å². The molecule has 5 heteroatoms. The highest BCUT2D eigenvalue weighted by Gasteiger charge is 2.11. The second-order valence-electron chi connectivity index (χ2n) is 4.16. The summed E-state index contributed by atoms with van der Waals surface area (Å²) in [5.41, 5.74) is 2.60. The van der Waals surface area contributed by atoms with E-state index in [1.807, 2.05) is 42.5 Å². The molecule has 0 saturated carbocycles. The van der Waals surface area contributed by atoms with E-state index >= 15 is 0 Å². The fourth-order valence-corrected chi connectivity index (χ4v) is 1.88. The van der Waals surface area contributed by atoms with E-state index in [2.05, 4.69) is 20.3 Å². The van der Waals surface area contributed by atoms with Crippen LogP contribution in [0.4, 0.5) is 5.69 Å². The van der Waals surface area contributed by atoms with E-state index in [-0.39, 0.29) is 5.91 Å². The highest BCUT2D eigenvalue weighted by atomic mass is 16.6. The molecule has 0 spiro atoms. The van der Waals surface area contributed by atoms with Crippen molar-refractivity contribution in [3.8, 4) is 11.3 Å². The zero-order chi connectivity index (χ0) is 13.8. The highest BCUT2D eigenvalue weighted by Crippen LogP contribution is 2.26. The van der Waals surface area contributed by atoms with Crippen molar-refractivity contribution in [2.45, 2.75) is 0 Å². The molecule has 0 fully saturated rings. The lowest BCUT2D eigenvalue weighted by atomic mass is 10.1. The Labute approximate surface area is 115 Å². The zero-order valence-electron chi connectivity index (χ0n) is 10.5. The van der Waals surface area contributed by atoms with Gasteiger partial charge in [-0.25, -0.2) is 4.63 Å². The molecule has 0 unspecified atom stereocenters. The molecule has 0 saturated heterocycles. The first-order chi connectivity index (χ1) is 9.84. The minimum Gasteiger partial charge on any atom is -0.321 e. The molecule has 0 aliphatic heterocycles. The van der Waals surface area contributed by atoms with Gasteiger partial charge >= 0.3 is 0 Å². The Hall–Kier alpha value is -2.95. The van der Waals surface area contributed by atoms with Gasteiger partial charge in [0.2, 0.25) is 0 Å². The third-order valence-corrected chi connectivity index (χ3v) is 2.85. The Bertz CT molecular complexity index is 709. The topological polar surface area (TPSA) is 68.0 Å². The number of carbonyl (C=O) groups excluding carboxylic acids is 1. The van der Waals surface area contributed by atoms with Crippen LogP contribution in [0, 0.1) is 0 Å². The average molecular weight is 265 g/mol. The fraction of sp³-hybridized carbons (Fsp3) is 0. The van der Waals surface area contributed by atoms with E-state index in [1.165, 1.54) is 6.20 Å². The summed E-state index contributed by atoms with van der Waals surface area (Å²) in [5, 5.41) is 10.2. The van der Waals surface area contributed by atoms with Gasteiger partial charge in [0.05, 0.1) is 11.9 Å². The van der Waals surface area contributed by atoms with Gasteiger partial charge in [-0.1, -0.05) is 41.6 Å². The Balaban J connectivity index is 1.90. The largest absolute Gasteiger partial charge is 0.321 e. The van der Waals surface area contributed by atoms with Gasteiger partial charge in [-0.2, -0.15) is 0 Å². The van der Waals surface area contributed by atoms with Gasteiger partial charge in [0, 0.05) is 11.1 Å². The van der Waals surface area contributed by atoms with E-state index in [1.54, 1.807) is 12.1 Å². The van der Waals surface area contributed by atoms with Crippen molar-refractivity contribution in [2.75, 3.05) is 5.32 Å². The Morgan fingerprint density at radius 1 is 1.00 bits per heavy atom. The molecule has 3 rings (SSSR count). The Morgan fingerprint density at radius 3 is 2.50 bits per heavy atom. The van der Waals surface area contributed by atoms with Crippen molar-refractivity contribution in [3.63, 3.8) is 0 Å². The van der Waals surface area contributed by atoms with Crippen molar-refractivity contribution < 1.29 is 9.42 Å². The molecule has 0 atom stereocenters. The van der Waals surface area contributed by atoms with Gasteiger partial charge in [0.1, 0.15) is 5.69 Å². The molecule has 98 valence electrons. The normalized spacial score (nSPS) is 10.2. The van der Waals surface area contributed by atoms with Gasteiger partial charge in [0.25, 0.3) is 5.91 Å². The van der Waals surface area contributed by atoms with Crippen molar-refractivity contribution in [2.24, 2.45) is 0 Å². The summed E-state index contributed by atoms with van der Waals surface area (Å²) in [7, 11) is 0. The first-order valence-electron chi connectivity index (χ1n) is 6.08. The standard InChI is InChI=1S/C15H11N3O2/c19-15(11-6-2-1-3-7-11)17-13-9-5-4-8-12(13)14-10-16-20-18-14/h1-10H,(H,17,19). The lowest BCUT2D eigenvalue weighted by Gasteiger charge is -2.08. The molecule has 5 nitrogen and oxygen atoms in total. The maximum Gasteiger partial charge on any atom is 0.255 e. The first-order valence-corrected chi connectivity index (χ1v) is 6.08. The number of hydrogen-bond acceptors (Lipinski definition) is 4. The quantitative estimate of drug-likeness (QED) is 0.790. The van der Waals surface area contributed by atoms with Crippen LogP contribution in [0.25, 0.3) is 11.3 Å². The molecule has 0 radical (unpaired) electrons. The van der Waals surface area contributed by atoms with Crippen LogP contribution in [0.15, 0.2) is 65.4 Å². The molecule has 0 aliphatic rings. The number of hydrogen-bond donors (Lipinski definition) is 1. The van der Waals surface area contributed by atoms with Crippen molar-refractivity contribution in [1.82, 2.24) is 10.3 Å². The Morgan fingerprint density at radius 2 is 1.75 bits per heavy atom. The van der Waals surface area contributed by atoms with E-state index in [9.17, 15) is 4.79 Å². The van der Waals surface area contributed by atoms with Gasteiger partial charge in [0.15, 0.2) is 0 Å².